The summed E-state index contributed by atoms with van der Waals surface area (Å²) in [5, 5.41) is 18.0. The number of benzene rings is 2. The van der Waals surface area contributed by atoms with Gasteiger partial charge in [0.05, 0.1) is 19.6 Å². The Bertz CT molecular complexity index is 1340. The first-order valence-corrected chi connectivity index (χ1v) is 11.1. The number of hydrogen-bond donors (Lipinski definition) is 3. The minimum atomic E-state index is -0.228. The number of fused-ring (bicyclic) bond motifs is 1. The number of nitrogens with one attached hydrogen (secondary N) is 3. The van der Waals surface area contributed by atoms with Crippen molar-refractivity contribution in [1.82, 2.24) is 25.7 Å². The molecule has 2 aromatic carbocycles. The van der Waals surface area contributed by atoms with Gasteiger partial charge in [-0.1, -0.05) is 29.4 Å². The Balaban J connectivity index is 1.23. The average molecular weight is 479 g/mol. The zero-order chi connectivity index (χ0) is 24.6. The lowest BCUT2D eigenvalue weighted by Gasteiger charge is -2.09. The van der Waals surface area contributed by atoms with Gasteiger partial charge in [0.25, 0.3) is 5.56 Å². The number of aromatic amines is 1. The monoisotopic (exact) mass is 478 g/mol. The molecule has 182 valence electrons. The summed E-state index contributed by atoms with van der Waals surface area (Å²) in [5.74, 6) is 2.30. The molecule has 11 heteroatoms. The van der Waals surface area contributed by atoms with Crippen molar-refractivity contribution in [1.29, 1.82) is 0 Å². The van der Waals surface area contributed by atoms with E-state index < -0.39 is 0 Å². The molecule has 3 N–H and O–H groups in total. The van der Waals surface area contributed by atoms with Crippen LogP contribution in [0.2, 0.25) is 0 Å². The second kappa shape index (κ2) is 11.1. The number of carbonyl (C=O) groups excluding carboxylic acids is 1. The summed E-state index contributed by atoms with van der Waals surface area (Å²) in [7, 11) is 3.11. The first-order valence-electron chi connectivity index (χ1n) is 11.1. The van der Waals surface area contributed by atoms with Gasteiger partial charge in [0.1, 0.15) is 17.1 Å². The van der Waals surface area contributed by atoms with Crippen molar-refractivity contribution < 1.29 is 18.8 Å². The van der Waals surface area contributed by atoms with Crippen molar-refractivity contribution in [2.75, 3.05) is 32.6 Å². The fourth-order valence-corrected chi connectivity index (χ4v) is 3.61. The zero-order valence-electron chi connectivity index (χ0n) is 19.5. The fraction of sp³-hybridized carbons (Fsp3) is 0.292. The minimum Gasteiger partial charge on any atom is -0.496 e. The number of ether oxygens (including phenoxy) is 2. The van der Waals surface area contributed by atoms with E-state index in [1.54, 1.807) is 44.6 Å². The molecule has 0 aliphatic carbocycles. The molecule has 0 fully saturated rings. The average Bonchev–Trinajstić information content (AvgIpc) is 3.36. The topological polar surface area (TPSA) is 144 Å². The summed E-state index contributed by atoms with van der Waals surface area (Å²) < 4.78 is 16.1. The van der Waals surface area contributed by atoms with Crippen LogP contribution in [0, 0.1) is 0 Å². The molecule has 2 heterocycles. The Morgan fingerprint density at radius 2 is 1.77 bits per heavy atom. The largest absolute Gasteiger partial charge is 0.496 e. The number of rotatable bonds is 11. The summed E-state index contributed by atoms with van der Waals surface area (Å²) in [6.45, 7) is 1.07. The van der Waals surface area contributed by atoms with Crippen LogP contribution >= 0.6 is 0 Å². The second-order valence-electron chi connectivity index (χ2n) is 7.63. The van der Waals surface area contributed by atoms with Gasteiger partial charge in [0, 0.05) is 31.3 Å². The molecule has 0 atom stereocenters. The predicted octanol–water partition coefficient (Wildman–Crippen LogP) is 2.54. The standard InChI is InChI=1S/C24H26N6O5/c1-33-17-9-5-10-18(34-2)21(17)23-27-20(35-30-23)12-11-19(31)25-13-6-14-26-22-15-7-3-4-8-16(15)24(32)29-28-22/h3-5,7-10H,6,11-14H2,1-2H3,(H,25,31)(H,26,28)(H,29,32). The van der Waals surface area contributed by atoms with Crippen molar-refractivity contribution in [2.24, 2.45) is 0 Å². The molecule has 1 amide bonds. The Hall–Kier alpha value is -4.41. The maximum absolute atomic E-state index is 12.2. The Kier molecular flexibility index (Phi) is 7.56. The number of carbonyl (C=O) groups is 1. The maximum atomic E-state index is 12.2. The molecular weight excluding hydrogens is 452 g/mol. The highest BCUT2D eigenvalue weighted by Crippen LogP contribution is 2.36. The highest BCUT2D eigenvalue weighted by Gasteiger charge is 2.18. The van der Waals surface area contributed by atoms with Crippen LogP contribution in [-0.2, 0) is 11.2 Å². The highest BCUT2D eigenvalue weighted by atomic mass is 16.5. The van der Waals surface area contributed by atoms with Crippen molar-refractivity contribution in [3.63, 3.8) is 0 Å². The molecule has 4 aromatic rings. The number of anilines is 1. The number of nitrogens with zero attached hydrogens (tertiary/aromatic N) is 3. The van der Waals surface area contributed by atoms with Crippen LogP contribution in [0.15, 0.2) is 51.8 Å². The molecule has 0 unspecified atom stereocenters. The number of H-pyrrole nitrogens is 1. The molecule has 35 heavy (non-hydrogen) atoms. The summed E-state index contributed by atoms with van der Waals surface area (Å²) in [5.41, 5.74) is 0.364. The van der Waals surface area contributed by atoms with Crippen molar-refractivity contribution >= 4 is 22.5 Å². The van der Waals surface area contributed by atoms with E-state index in [0.717, 1.165) is 5.39 Å². The van der Waals surface area contributed by atoms with Gasteiger partial charge in [-0.25, -0.2) is 5.10 Å². The van der Waals surface area contributed by atoms with Gasteiger partial charge >= 0.3 is 0 Å². The van der Waals surface area contributed by atoms with Gasteiger partial charge in [0.2, 0.25) is 17.6 Å². The lowest BCUT2D eigenvalue weighted by atomic mass is 10.1. The lowest BCUT2D eigenvalue weighted by molar-refractivity contribution is -0.121. The van der Waals surface area contributed by atoms with E-state index >= 15 is 0 Å². The lowest BCUT2D eigenvalue weighted by Crippen LogP contribution is -2.26. The molecule has 4 rings (SSSR count). The summed E-state index contributed by atoms with van der Waals surface area (Å²) in [6.07, 6.45) is 1.20. The normalized spacial score (nSPS) is 10.8. The van der Waals surface area contributed by atoms with Gasteiger partial charge < -0.3 is 24.6 Å². The Morgan fingerprint density at radius 3 is 2.51 bits per heavy atom. The van der Waals surface area contributed by atoms with Crippen LogP contribution < -0.4 is 25.7 Å². The summed E-state index contributed by atoms with van der Waals surface area (Å²) in [6, 6.07) is 12.6. The summed E-state index contributed by atoms with van der Waals surface area (Å²) in [4.78, 5) is 28.5. The van der Waals surface area contributed by atoms with E-state index in [4.69, 9.17) is 14.0 Å². The van der Waals surface area contributed by atoms with E-state index in [-0.39, 0.29) is 17.9 Å². The van der Waals surface area contributed by atoms with Crippen LogP contribution in [0.1, 0.15) is 18.7 Å². The molecule has 0 radical (unpaired) electrons. The molecule has 0 aliphatic rings. The van der Waals surface area contributed by atoms with Crippen LogP contribution in [0.25, 0.3) is 22.2 Å². The second-order valence-corrected chi connectivity index (χ2v) is 7.63. The van der Waals surface area contributed by atoms with Crippen molar-refractivity contribution in [2.45, 2.75) is 19.3 Å². The third kappa shape index (κ3) is 5.57. The predicted molar refractivity (Wildman–Crippen MR) is 130 cm³/mol. The van der Waals surface area contributed by atoms with Gasteiger partial charge in [-0.2, -0.15) is 10.1 Å². The smallest absolute Gasteiger partial charge is 0.272 e. The molecular formula is C24H26N6O5. The highest BCUT2D eigenvalue weighted by molar-refractivity contribution is 5.90. The number of methoxy groups -OCH3 is 2. The van der Waals surface area contributed by atoms with Gasteiger partial charge in [-0.05, 0) is 24.6 Å². The van der Waals surface area contributed by atoms with Crippen LogP contribution in [0.4, 0.5) is 5.82 Å². The number of aromatic nitrogens is 4. The van der Waals surface area contributed by atoms with E-state index in [9.17, 15) is 9.59 Å². The molecule has 0 spiro atoms. The molecule has 0 saturated carbocycles. The molecule has 0 bridgehead atoms. The van der Waals surface area contributed by atoms with E-state index in [1.807, 2.05) is 12.1 Å². The zero-order valence-corrected chi connectivity index (χ0v) is 19.5. The van der Waals surface area contributed by atoms with E-state index in [0.29, 0.717) is 65.9 Å². The Labute approximate surface area is 200 Å². The minimum absolute atomic E-state index is 0.118. The number of aryl methyl sites for hydroxylation is 1. The van der Waals surface area contributed by atoms with Crippen molar-refractivity contribution in [3.8, 4) is 22.9 Å². The first kappa shape index (κ1) is 23.7. The Morgan fingerprint density at radius 1 is 1.03 bits per heavy atom. The molecule has 0 saturated heterocycles. The SMILES string of the molecule is COc1cccc(OC)c1-c1noc(CCC(=O)NCCCNc2n[nH]c(=O)c3ccccc23)n1. The van der Waals surface area contributed by atoms with E-state index in [2.05, 4.69) is 31.0 Å². The molecule has 0 aliphatic heterocycles. The number of hydrogen-bond acceptors (Lipinski definition) is 9. The van der Waals surface area contributed by atoms with Crippen LogP contribution in [0.5, 0.6) is 11.5 Å². The third-order valence-electron chi connectivity index (χ3n) is 5.35. The van der Waals surface area contributed by atoms with Gasteiger partial charge in [-0.15, -0.1) is 0 Å². The molecule has 2 aromatic heterocycles. The van der Waals surface area contributed by atoms with Crippen LogP contribution in [-0.4, -0.2) is 53.6 Å². The maximum Gasteiger partial charge on any atom is 0.272 e. The fourth-order valence-electron chi connectivity index (χ4n) is 3.61. The van der Waals surface area contributed by atoms with Crippen molar-refractivity contribution in [3.05, 3.63) is 58.7 Å². The third-order valence-corrected chi connectivity index (χ3v) is 5.35. The molecule has 11 nitrogen and oxygen atoms in total. The van der Waals surface area contributed by atoms with Gasteiger partial charge in [-0.3, -0.25) is 9.59 Å². The summed E-state index contributed by atoms with van der Waals surface area (Å²) >= 11 is 0. The van der Waals surface area contributed by atoms with Crippen LogP contribution in [0.3, 0.4) is 0 Å². The quantitative estimate of drug-likeness (QED) is 0.277. The van der Waals surface area contributed by atoms with Gasteiger partial charge in [0.15, 0.2) is 5.82 Å². The first-order chi connectivity index (χ1) is 17.1. The van der Waals surface area contributed by atoms with E-state index in [1.165, 1.54) is 0 Å². The number of amides is 1.